The Bertz CT molecular complexity index is 655. The molecule has 1 aromatic carbocycles. The molecule has 2 atom stereocenters. The Kier molecular flexibility index (Phi) is 5.94. The maximum atomic E-state index is 13.2. The third kappa shape index (κ3) is 3.76. The number of nitrogens with zero attached hydrogens (tertiary/aromatic N) is 2. The molecule has 26 heavy (non-hydrogen) atoms. The number of morpholine rings is 1. The van der Waals surface area contributed by atoms with E-state index in [9.17, 15) is 9.59 Å². The van der Waals surface area contributed by atoms with Crippen molar-refractivity contribution in [1.29, 1.82) is 0 Å². The standard InChI is InChI=1S/C20H28N2O4/c1-4-25-15-9-11-22(12-10-15)20(24)19-18(21(3)17(23)13-26-19)16-8-6-5-7-14(16)2/h5-8,15,18-19H,4,9-13H2,1-3H3/t18-,19+/m1/s1. The van der Waals surface area contributed by atoms with Gasteiger partial charge in [0.1, 0.15) is 6.61 Å². The second kappa shape index (κ2) is 8.18. The van der Waals surface area contributed by atoms with Crippen LogP contribution in [0.4, 0.5) is 0 Å². The highest BCUT2D eigenvalue weighted by Gasteiger charge is 2.42. The van der Waals surface area contributed by atoms with Gasteiger partial charge in [-0.15, -0.1) is 0 Å². The van der Waals surface area contributed by atoms with Crippen molar-refractivity contribution in [1.82, 2.24) is 9.80 Å². The number of rotatable bonds is 4. The van der Waals surface area contributed by atoms with Gasteiger partial charge in [0.2, 0.25) is 5.91 Å². The summed E-state index contributed by atoms with van der Waals surface area (Å²) in [5.41, 5.74) is 2.01. The Balaban J connectivity index is 1.79. The van der Waals surface area contributed by atoms with Crippen LogP contribution in [0.1, 0.15) is 36.9 Å². The highest BCUT2D eigenvalue weighted by atomic mass is 16.5. The molecule has 2 aliphatic rings. The molecule has 0 unspecified atom stereocenters. The number of amides is 2. The van der Waals surface area contributed by atoms with Gasteiger partial charge in [-0.3, -0.25) is 9.59 Å². The quantitative estimate of drug-likeness (QED) is 0.823. The molecule has 0 radical (unpaired) electrons. The lowest BCUT2D eigenvalue weighted by atomic mass is 9.93. The number of hydrogen-bond donors (Lipinski definition) is 0. The van der Waals surface area contributed by atoms with Gasteiger partial charge in [0.25, 0.3) is 5.91 Å². The van der Waals surface area contributed by atoms with Crippen LogP contribution in [0.15, 0.2) is 24.3 Å². The number of ether oxygens (including phenoxy) is 2. The number of aryl methyl sites for hydroxylation is 1. The SMILES string of the molecule is CCOC1CCN(C(=O)[C@H]2OCC(=O)N(C)[C@@H]2c2ccccc2C)CC1. The van der Waals surface area contributed by atoms with Crippen molar-refractivity contribution in [3.8, 4) is 0 Å². The van der Waals surface area contributed by atoms with Crippen LogP contribution < -0.4 is 0 Å². The van der Waals surface area contributed by atoms with Gasteiger partial charge < -0.3 is 19.3 Å². The number of carbonyl (C=O) groups is 2. The van der Waals surface area contributed by atoms with Crippen LogP contribution in [-0.4, -0.2) is 67.2 Å². The second-order valence-electron chi connectivity index (χ2n) is 7.02. The first-order valence-corrected chi connectivity index (χ1v) is 9.36. The molecule has 2 amide bonds. The summed E-state index contributed by atoms with van der Waals surface area (Å²) < 4.78 is 11.4. The van der Waals surface area contributed by atoms with E-state index in [1.54, 1.807) is 11.9 Å². The Hall–Kier alpha value is -1.92. The van der Waals surface area contributed by atoms with Crippen molar-refractivity contribution in [3.63, 3.8) is 0 Å². The molecule has 0 saturated carbocycles. The molecule has 2 fully saturated rings. The number of likely N-dealkylation sites (N-methyl/N-ethyl adjacent to an activating group) is 1. The van der Waals surface area contributed by atoms with Crippen molar-refractivity contribution in [3.05, 3.63) is 35.4 Å². The molecule has 0 aliphatic carbocycles. The molecule has 2 aliphatic heterocycles. The summed E-state index contributed by atoms with van der Waals surface area (Å²) in [6.45, 7) is 5.98. The molecule has 142 valence electrons. The van der Waals surface area contributed by atoms with E-state index < -0.39 is 12.1 Å². The maximum Gasteiger partial charge on any atom is 0.254 e. The largest absolute Gasteiger partial charge is 0.378 e. The Morgan fingerprint density at radius 1 is 1.27 bits per heavy atom. The van der Waals surface area contributed by atoms with E-state index in [0.29, 0.717) is 19.7 Å². The minimum absolute atomic E-state index is 0.0347. The Morgan fingerprint density at radius 3 is 2.62 bits per heavy atom. The molecular weight excluding hydrogens is 332 g/mol. The lowest BCUT2D eigenvalue weighted by molar-refractivity contribution is -0.168. The molecule has 6 heteroatoms. The Labute approximate surface area is 155 Å². The fourth-order valence-corrected chi connectivity index (χ4v) is 3.87. The molecule has 6 nitrogen and oxygen atoms in total. The van der Waals surface area contributed by atoms with Gasteiger partial charge >= 0.3 is 0 Å². The molecule has 0 bridgehead atoms. The van der Waals surface area contributed by atoms with Gasteiger partial charge in [-0.05, 0) is 37.8 Å². The van der Waals surface area contributed by atoms with Crippen LogP contribution in [0.25, 0.3) is 0 Å². The van der Waals surface area contributed by atoms with Gasteiger partial charge in [-0.25, -0.2) is 0 Å². The summed E-state index contributed by atoms with van der Waals surface area (Å²) in [5, 5.41) is 0. The van der Waals surface area contributed by atoms with Crippen LogP contribution in [-0.2, 0) is 19.1 Å². The average Bonchev–Trinajstić information content (AvgIpc) is 2.65. The van der Waals surface area contributed by atoms with Crippen molar-refractivity contribution in [2.45, 2.75) is 44.9 Å². The molecule has 1 aromatic rings. The van der Waals surface area contributed by atoms with E-state index in [1.165, 1.54) is 0 Å². The van der Waals surface area contributed by atoms with Crippen LogP contribution in [0.3, 0.4) is 0 Å². The summed E-state index contributed by atoms with van der Waals surface area (Å²) in [7, 11) is 1.75. The number of benzene rings is 1. The zero-order chi connectivity index (χ0) is 18.7. The van der Waals surface area contributed by atoms with E-state index in [1.807, 2.05) is 43.0 Å². The molecular formula is C20H28N2O4. The van der Waals surface area contributed by atoms with Crippen LogP contribution in [0, 0.1) is 6.92 Å². The molecule has 3 rings (SSSR count). The van der Waals surface area contributed by atoms with E-state index in [0.717, 1.165) is 24.0 Å². The third-order valence-electron chi connectivity index (χ3n) is 5.39. The zero-order valence-electron chi connectivity index (χ0n) is 15.8. The smallest absolute Gasteiger partial charge is 0.254 e. The van der Waals surface area contributed by atoms with E-state index in [-0.39, 0.29) is 24.5 Å². The average molecular weight is 360 g/mol. The minimum atomic E-state index is -0.664. The van der Waals surface area contributed by atoms with Gasteiger partial charge in [-0.2, -0.15) is 0 Å². The minimum Gasteiger partial charge on any atom is -0.378 e. The number of hydrogen-bond acceptors (Lipinski definition) is 4. The summed E-state index contributed by atoms with van der Waals surface area (Å²) in [5.74, 6) is -0.134. The summed E-state index contributed by atoms with van der Waals surface area (Å²) in [6.07, 6.45) is 1.25. The van der Waals surface area contributed by atoms with Crippen LogP contribution in [0.2, 0.25) is 0 Å². The van der Waals surface area contributed by atoms with Crippen molar-refractivity contribution < 1.29 is 19.1 Å². The van der Waals surface area contributed by atoms with Gasteiger partial charge in [0, 0.05) is 26.7 Å². The first kappa shape index (κ1) is 18.9. The second-order valence-corrected chi connectivity index (χ2v) is 7.02. The maximum absolute atomic E-state index is 13.2. The van der Waals surface area contributed by atoms with E-state index >= 15 is 0 Å². The lowest BCUT2D eigenvalue weighted by Gasteiger charge is -2.42. The molecule has 2 saturated heterocycles. The van der Waals surface area contributed by atoms with Gasteiger partial charge in [-0.1, -0.05) is 24.3 Å². The monoisotopic (exact) mass is 360 g/mol. The first-order valence-electron chi connectivity index (χ1n) is 9.36. The molecule has 2 heterocycles. The van der Waals surface area contributed by atoms with Crippen LogP contribution >= 0.6 is 0 Å². The number of carbonyl (C=O) groups excluding carboxylic acids is 2. The highest BCUT2D eigenvalue weighted by molar-refractivity contribution is 5.86. The van der Waals surface area contributed by atoms with Crippen LogP contribution in [0.5, 0.6) is 0 Å². The first-order chi connectivity index (χ1) is 12.5. The number of piperidine rings is 1. The Morgan fingerprint density at radius 2 is 1.96 bits per heavy atom. The molecule has 0 N–H and O–H groups in total. The molecule has 0 aromatic heterocycles. The third-order valence-corrected chi connectivity index (χ3v) is 5.39. The topological polar surface area (TPSA) is 59.1 Å². The molecule has 0 spiro atoms. The van der Waals surface area contributed by atoms with E-state index in [2.05, 4.69) is 0 Å². The predicted octanol–water partition coefficient (Wildman–Crippen LogP) is 1.92. The van der Waals surface area contributed by atoms with Crippen molar-refractivity contribution in [2.24, 2.45) is 0 Å². The fraction of sp³-hybridized carbons (Fsp3) is 0.600. The summed E-state index contributed by atoms with van der Waals surface area (Å²) in [6, 6.07) is 7.47. The van der Waals surface area contributed by atoms with Crippen molar-refractivity contribution >= 4 is 11.8 Å². The normalized spacial score (nSPS) is 24.8. The van der Waals surface area contributed by atoms with Gasteiger partial charge in [0.05, 0.1) is 12.1 Å². The zero-order valence-corrected chi connectivity index (χ0v) is 15.8. The summed E-state index contributed by atoms with van der Waals surface area (Å²) in [4.78, 5) is 28.9. The summed E-state index contributed by atoms with van der Waals surface area (Å²) >= 11 is 0. The van der Waals surface area contributed by atoms with Crippen molar-refractivity contribution in [2.75, 3.05) is 33.4 Å². The predicted molar refractivity (Wildman–Crippen MR) is 97.7 cm³/mol. The highest BCUT2D eigenvalue weighted by Crippen LogP contribution is 2.32. The number of likely N-dealkylation sites (tertiary alicyclic amines) is 1. The van der Waals surface area contributed by atoms with E-state index in [4.69, 9.17) is 9.47 Å². The lowest BCUT2D eigenvalue weighted by Crippen LogP contribution is -2.55. The fourth-order valence-electron chi connectivity index (χ4n) is 3.87. The van der Waals surface area contributed by atoms with Gasteiger partial charge in [0.15, 0.2) is 6.10 Å².